The van der Waals surface area contributed by atoms with Gasteiger partial charge in [0.2, 0.25) is 0 Å². The number of hydrogen-bond acceptors (Lipinski definition) is 6. The van der Waals surface area contributed by atoms with Crippen molar-refractivity contribution in [3.05, 3.63) is 53.7 Å². The summed E-state index contributed by atoms with van der Waals surface area (Å²) in [7, 11) is 1.41. The molecule has 2 aliphatic rings. The van der Waals surface area contributed by atoms with Crippen molar-refractivity contribution >= 4 is 17.3 Å². The molecule has 2 aliphatic heterocycles. The number of hydrogen-bond donors (Lipinski definition) is 4. The van der Waals surface area contributed by atoms with E-state index in [2.05, 4.69) is 22.3 Å². The van der Waals surface area contributed by atoms with Crippen LogP contribution in [0, 0.1) is 5.82 Å². The molecule has 0 saturated carbocycles. The van der Waals surface area contributed by atoms with Gasteiger partial charge in [-0.2, -0.15) is 0 Å². The molecule has 5 rings (SSSR count). The molecule has 2 aromatic heterocycles. The number of benzene rings is 1. The van der Waals surface area contributed by atoms with Crippen LogP contribution in [0.3, 0.4) is 0 Å². The maximum absolute atomic E-state index is 14.3. The van der Waals surface area contributed by atoms with E-state index < -0.39 is 49.2 Å². The first-order chi connectivity index (χ1) is 14.7. The van der Waals surface area contributed by atoms with E-state index in [1.165, 1.54) is 13.2 Å². The molecule has 4 N–H and O–H groups in total. The van der Waals surface area contributed by atoms with Gasteiger partial charge >= 0.3 is 194 Å². The number of fused-ring (bicyclic) bond motifs is 3. The van der Waals surface area contributed by atoms with Gasteiger partial charge in [0.05, 0.1) is 0 Å². The molecular formula is C19H16FI2N5O3-2. The second kappa shape index (κ2) is 8.19. The number of anilines is 2. The number of nitrogens with one attached hydrogen (secondary N) is 4. The molecule has 0 fully saturated rings. The van der Waals surface area contributed by atoms with Gasteiger partial charge in [0.25, 0.3) is 0 Å². The fraction of sp³-hybridized carbons (Fsp3) is 0.158. The fourth-order valence-corrected chi connectivity index (χ4v) is 8.88. The van der Waals surface area contributed by atoms with Crippen LogP contribution in [0.2, 0.25) is 0 Å². The van der Waals surface area contributed by atoms with Gasteiger partial charge in [-0.05, 0) is 0 Å². The van der Waals surface area contributed by atoms with Gasteiger partial charge in [0, 0.05) is 0 Å². The molecule has 4 heterocycles. The van der Waals surface area contributed by atoms with Crippen LogP contribution in [0.25, 0.3) is 11.3 Å². The molecule has 0 radical (unpaired) electrons. The number of carbonyl (C=O) groups is 1. The number of rotatable bonds is 3. The number of amides is 1. The van der Waals surface area contributed by atoms with Crippen LogP contribution in [-0.2, 0) is 0 Å². The zero-order valence-corrected chi connectivity index (χ0v) is 19.9. The second-order valence-electron chi connectivity index (χ2n) is 6.49. The molecule has 0 spiro atoms. The average molecular weight is 635 g/mol. The number of methoxy groups -OCH3 is 1. The summed E-state index contributed by atoms with van der Waals surface area (Å²) in [6.45, 7) is 0.571. The summed E-state index contributed by atoms with van der Waals surface area (Å²) in [6, 6.07) is 6.48. The van der Waals surface area contributed by atoms with Gasteiger partial charge in [-0.15, -0.1) is 0 Å². The van der Waals surface area contributed by atoms with E-state index in [4.69, 9.17) is 7.80 Å². The van der Waals surface area contributed by atoms with Crippen molar-refractivity contribution in [3.63, 3.8) is 0 Å². The first-order valence-electron chi connectivity index (χ1n) is 8.93. The van der Waals surface area contributed by atoms with Crippen molar-refractivity contribution in [2.24, 2.45) is 0 Å². The predicted molar refractivity (Wildman–Crippen MR) is 99.1 cm³/mol. The number of carbonyl (C=O) groups excluding carboxylic acids is 1. The zero-order chi connectivity index (χ0) is 20.7. The molecular weight excluding hydrogens is 619 g/mol. The third-order valence-electron chi connectivity index (χ3n) is 4.82. The SMILES string of the molecule is COc1c(F)cccc1Nc1c2[nH]c3c1C(=O)NC[C@H]3[I-]N[I-]Oc1cnccc1-2. The standard InChI is InChI=1S/C19H16FI2N5O3/c1-29-18-10(20)3-2-4-12(18)25-17-14-16-11(7-24-19(14)28)21-27-22-30-13-8-23-6-5-9(13)15(17)26-16/h2-6,8,11,25-27H,7H2,1H3,(H,24,28)/q-2/t11-/m1/s1. The third-order valence-corrected chi connectivity index (χ3v) is 10.4. The molecule has 8 nitrogen and oxygen atoms in total. The number of nitrogens with zero attached hydrogens (tertiary/aromatic N) is 1. The van der Waals surface area contributed by atoms with E-state index in [9.17, 15) is 9.18 Å². The molecule has 11 heteroatoms. The number of alkyl halides is 1. The Morgan fingerprint density at radius 1 is 1.37 bits per heavy atom. The van der Waals surface area contributed by atoms with E-state index in [1.807, 2.05) is 6.07 Å². The number of aromatic amines is 1. The predicted octanol–water partition coefficient (Wildman–Crippen LogP) is -3.34. The van der Waals surface area contributed by atoms with Gasteiger partial charge in [-0.25, -0.2) is 0 Å². The molecule has 0 aliphatic carbocycles. The third kappa shape index (κ3) is 3.37. The molecule has 1 aromatic carbocycles. The monoisotopic (exact) mass is 635 g/mol. The number of H-pyrrole nitrogens is 1. The summed E-state index contributed by atoms with van der Waals surface area (Å²) in [6.07, 6.45) is 3.34. The zero-order valence-electron chi connectivity index (χ0n) is 15.6. The van der Waals surface area contributed by atoms with Crippen LogP contribution in [-0.4, -0.2) is 29.5 Å². The number of pyridine rings is 1. The first kappa shape index (κ1) is 19.8. The van der Waals surface area contributed by atoms with Crippen molar-refractivity contribution in [2.45, 2.75) is 3.92 Å². The molecule has 1 amide bonds. The second-order valence-corrected chi connectivity index (χ2v) is 12.6. The number of halogens is 3. The summed E-state index contributed by atoms with van der Waals surface area (Å²) in [5.41, 5.74) is 3.92. The maximum atomic E-state index is 14.3. The van der Waals surface area contributed by atoms with Gasteiger partial charge in [0.15, 0.2) is 0 Å². The number of para-hydroxylation sites is 1. The van der Waals surface area contributed by atoms with Gasteiger partial charge in [-0.1, -0.05) is 0 Å². The molecule has 30 heavy (non-hydrogen) atoms. The van der Waals surface area contributed by atoms with Gasteiger partial charge < -0.3 is 0 Å². The number of aromatic nitrogens is 2. The summed E-state index contributed by atoms with van der Waals surface area (Å²) >= 11 is -1.14. The minimum absolute atomic E-state index is 0.0849. The summed E-state index contributed by atoms with van der Waals surface area (Å²) in [4.78, 5) is 20.5. The Kier molecular flexibility index (Phi) is 5.41. The molecule has 3 aromatic rings. The number of ether oxygens (including phenoxy) is 1. The Balaban J connectivity index is 1.75. The fourth-order valence-electron chi connectivity index (χ4n) is 3.50. The van der Waals surface area contributed by atoms with Crippen LogP contribution < -0.4 is 63.6 Å². The van der Waals surface area contributed by atoms with E-state index >= 15 is 0 Å². The molecule has 0 saturated heterocycles. The summed E-state index contributed by atoms with van der Waals surface area (Å²) in [5.74, 6) is 0.0627. The molecule has 158 valence electrons. The van der Waals surface area contributed by atoms with Gasteiger partial charge in [0.1, 0.15) is 0 Å². The normalized spacial score (nSPS) is 17.9. The van der Waals surface area contributed by atoms with Crippen LogP contribution in [0.1, 0.15) is 20.0 Å². The van der Waals surface area contributed by atoms with E-state index in [-0.39, 0.29) is 15.6 Å². The van der Waals surface area contributed by atoms with E-state index in [0.29, 0.717) is 34.9 Å². The van der Waals surface area contributed by atoms with E-state index in [0.717, 1.165) is 11.3 Å². The summed E-state index contributed by atoms with van der Waals surface area (Å²) < 4.78 is 29.2. The Hall–Kier alpha value is -2.13. The summed E-state index contributed by atoms with van der Waals surface area (Å²) in [5, 5.41) is 6.24. The van der Waals surface area contributed by atoms with Crippen LogP contribution >= 0.6 is 0 Å². The average Bonchev–Trinajstić information content (AvgIpc) is 3.13. The van der Waals surface area contributed by atoms with Crippen LogP contribution in [0.5, 0.6) is 11.5 Å². The Morgan fingerprint density at radius 2 is 2.27 bits per heavy atom. The van der Waals surface area contributed by atoms with Crippen molar-refractivity contribution in [3.8, 4) is 22.8 Å². The van der Waals surface area contributed by atoms with Crippen molar-refractivity contribution in [1.29, 1.82) is 0 Å². The topological polar surface area (TPSA) is 100 Å². The van der Waals surface area contributed by atoms with Crippen LogP contribution in [0.4, 0.5) is 15.8 Å². The van der Waals surface area contributed by atoms with Crippen molar-refractivity contribution in [1.82, 2.24) is 17.0 Å². The Bertz CT molecular complexity index is 1140. The molecule has 0 unspecified atom stereocenters. The Morgan fingerprint density at radius 3 is 3.13 bits per heavy atom. The Labute approximate surface area is 193 Å². The quantitative estimate of drug-likeness (QED) is 0.137. The van der Waals surface area contributed by atoms with Crippen LogP contribution in [0.15, 0.2) is 36.7 Å². The molecule has 1 atom stereocenters. The minimum atomic E-state index is -0.688. The first-order valence-corrected chi connectivity index (χ1v) is 13.2. The van der Waals surface area contributed by atoms with Gasteiger partial charge in [-0.3, -0.25) is 0 Å². The van der Waals surface area contributed by atoms with Crippen molar-refractivity contribution < 1.29 is 60.4 Å². The molecule has 2 bridgehead atoms. The van der Waals surface area contributed by atoms with Crippen molar-refractivity contribution in [2.75, 3.05) is 19.0 Å². The van der Waals surface area contributed by atoms with E-state index in [1.54, 1.807) is 24.5 Å².